The van der Waals surface area contributed by atoms with Crippen molar-refractivity contribution in [3.63, 3.8) is 0 Å². The average Bonchev–Trinajstić information content (AvgIpc) is 3.18. The summed E-state index contributed by atoms with van der Waals surface area (Å²) in [5.41, 5.74) is 2.07. The summed E-state index contributed by atoms with van der Waals surface area (Å²) in [6.07, 6.45) is 4.18. The third-order valence-electron chi connectivity index (χ3n) is 4.00. The maximum absolute atomic E-state index is 13.9. The number of rotatable bonds is 3. The van der Waals surface area contributed by atoms with Crippen molar-refractivity contribution in [1.82, 2.24) is 15.3 Å². The number of halogens is 2. The first kappa shape index (κ1) is 14.4. The Morgan fingerprint density at radius 3 is 2.91 bits per heavy atom. The average molecular weight is 334 g/mol. The van der Waals surface area contributed by atoms with Crippen LogP contribution in [0.5, 0.6) is 0 Å². The molecule has 23 heavy (non-hydrogen) atoms. The van der Waals surface area contributed by atoms with Gasteiger partial charge in [0.2, 0.25) is 0 Å². The number of aryl methyl sites for hydroxylation is 1. The summed E-state index contributed by atoms with van der Waals surface area (Å²) in [4.78, 5) is 4.32. The highest BCUT2D eigenvalue weighted by atomic mass is 35.5. The zero-order chi connectivity index (χ0) is 15.8. The van der Waals surface area contributed by atoms with Crippen molar-refractivity contribution in [3.05, 3.63) is 51.8 Å². The van der Waals surface area contributed by atoms with Crippen LogP contribution in [0.2, 0.25) is 5.02 Å². The lowest BCUT2D eigenvalue weighted by molar-refractivity contribution is 0.369. The molecule has 0 atom stereocenters. The summed E-state index contributed by atoms with van der Waals surface area (Å²) in [6, 6.07) is 4.84. The molecule has 3 aromatic rings. The minimum atomic E-state index is -0.459. The van der Waals surface area contributed by atoms with Gasteiger partial charge >= 0.3 is 0 Å². The van der Waals surface area contributed by atoms with Crippen molar-refractivity contribution in [2.24, 2.45) is 0 Å². The second-order valence-electron chi connectivity index (χ2n) is 5.55. The van der Waals surface area contributed by atoms with E-state index in [1.165, 1.54) is 6.07 Å². The van der Waals surface area contributed by atoms with Crippen molar-refractivity contribution < 1.29 is 13.4 Å². The molecule has 1 aromatic carbocycles. The summed E-state index contributed by atoms with van der Waals surface area (Å²) in [5.74, 6) is 1.13. The Labute approximate surface area is 136 Å². The van der Waals surface area contributed by atoms with Crippen molar-refractivity contribution >= 4 is 11.6 Å². The number of hydrogen-bond donors (Lipinski definition) is 0. The SMILES string of the molecule is Fc1c(Cl)cccc1Cc1noc(-c2noc3c2CCCC3)n1. The molecule has 4 rings (SSSR count). The Balaban J connectivity index is 1.62. The summed E-state index contributed by atoms with van der Waals surface area (Å²) in [6.45, 7) is 0. The molecule has 0 saturated carbocycles. The van der Waals surface area contributed by atoms with Gasteiger partial charge in [0.15, 0.2) is 11.5 Å². The predicted molar refractivity (Wildman–Crippen MR) is 80.7 cm³/mol. The second-order valence-corrected chi connectivity index (χ2v) is 5.95. The van der Waals surface area contributed by atoms with Crippen LogP contribution in [-0.2, 0) is 19.3 Å². The van der Waals surface area contributed by atoms with Crippen LogP contribution in [0.3, 0.4) is 0 Å². The maximum Gasteiger partial charge on any atom is 0.280 e. The van der Waals surface area contributed by atoms with Gasteiger partial charge in [-0.3, -0.25) is 0 Å². The van der Waals surface area contributed by atoms with Crippen molar-refractivity contribution in [2.75, 3.05) is 0 Å². The Bertz CT molecular complexity index is 859. The normalized spacial score (nSPS) is 14.0. The van der Waals surface area contributed by atoms with E-state index in [0.29, 0.717) is 23.0 Å². The van der Waals surface area contributed by atoms with Crippen LogP contribution in [-0.4, -0.2) is 15.3 Å². The van der Waals surface area contributed by atoms with E-state index in [2.05, 4.69) is 15.3 Å². The molecule has 1 aliphatic carbocycles. The maximum atomic E-state index is 13.9. The van der Waals surface area contributed by atoms with Crippen LogP contribution < -0.4 is 0 Å². The standard InChI is InChI=1S/C16H13ClFN3O2/c17-11-6-3-4-9(14(11)18)8-13-19-16(23-20-13)15-10-5-1-2-7-12(10)22-21-15/h3-4,6H,1-2,5,7-8H2. The van der Waals surface area contributed by atoms with Gasteiger partial charge < -0.3 is 9.05 Å². The van der Waals surface area contributed by atoms with Crippen LogP contribution in [0.25, 0.3) is 11.6 Å². The lowest BCUT2D eigenvalue weighted by atomic mass is 9.96. The predicted octanol–water partition coefficient (Wildman–Crippen LogP) is 3.99. The van der Waals surface area contributed by atoms with Crippen LogP contribution in [0.4, 0.5) is 4.39 Å². The summed E-state index contributed by atoms with van der Waals surface area (Å²) < 4.78 is 24.6. The Hall–Kier alpha value is -2.21. The van der Waals surface area contributed by atoms with E-state index in [4.69, 9.17) is 20.6 Å². The van der Waals surface area contributed by atoms with E-state index in [1.54, 1.807) is 12.1 Å². The quantitative estimate of drug-likeness (QED) is 0.725. The van der Waals surface area contributed by atoms with Gasteiger partial charge in [-0.1, -0.05) is 34.0 Å². The van der Waals surface area contributed by atoms with Gasteiger partial charge in [0.05, 0.1) is 5.02 Å². The van der Waals surface area contributed by atoms with Crippen LogP contribution in [0.15, 0.2) is 27.2 Å². The van der Waals surface area contributed by atoms with E-state index in [9.17, 15) is 4.39 Å². The number of benzene rings is 1. The van der Waals surface area contributed by atoms with Gasteiger partial charge in [-0.15, -0.1) is 0 Å². The molecule has 0 fully saturated rings. The number of fused-ring (bicyclic) bond motifs is 1. The topological polar surface area (TPSA) is 65.0 Å². The fraction of sp³-hybridized carbons (Fsp3) is 0.312. The van der Waals surface area contributed by atoms with Gasteiger partial charge in [-0.05, 0) is 30.9 Å². The molecule has 5 nitrogen and oxygen atoms in total. The van der Waals surface area contributed by atoms with Crippen molar-refractivity contribution in [1.29, 1.82) is 0 Å². The van der Waals surface area contributed by atoms with Crippen LogP contribution in [0, 0.1) is 5.82 Å². The molecule has 2 heterocycles. The first-order valence-corrected chi connectivity index (χ1v) is 7.83. The number of nitrogens with zero attached hydrogens (tertiary/aromatic N) is 3. The van der Waals surface area contributed by atoms with Crippen molar-refractivity contribution in [2.45, 2.75) is 32.1 Å². The molecule has 0 amide bonds. The third kappa shape index (κ3) is 2.63. The molecule has 7 heteroatoms. The van der Waals surface area contributed by atoms with Gasteiger partial charge in [0.1, 0.15) is 11.6 Å². The number of hydrogen-bond acceptors (Lipinski definition) is 5. The Morgan fingerprint density at radius 1 is 1.13 bits per heavy atom. The molecular weight excluding hydrogens is 321 g/mol. The molecule has 2 aromatic heterocycles. The van der Waals surface area contributed by atoms with E-state index in [0.717, 1.165) is 37.0 Å². The van der Waals surface area contributed by atoms with Crippen LogP contribution in [0.1, 0.15) is 35.6 Å². The Kier molecular flexibility index (Phi) is 3.61. The molecule has 0 unspecified atom stereocenters. The minimum Gasteiger partial charge on any atom is -0.360 e. The molecule has 0 spiro atoms. The summed E-state index contributed by atoms with van der Waals surface area (Å²) in [7, 11) is 0. The summed E-state index contributed by atoms with van der Waals surface area (Å²) in [5, 5.41) is 8.04. The smallest absolute Gasteiger partial charge is 0.280 e. The van der Waals surface area contributed by atoms with Crippen molar-refractivity contribution in [3.8, 4) is 11.6 Å². The highest BCUT2D eigenvalue weighted by Gasteiger charge is 2.24. The molecule has 0 saturated heterocycles. The fourth-order valence-corrected chi connectivity index (χ4v) is 3.02. The van der Waals surface area contributed by atoms with Gasteiger partial charge in [0, 0.05) is 18.4 Å². The highest BCUT2D eigenvalue weighted by Crippen LogP contribution is 2.30. The lowest BCUT2D eigenvalue weighted by Crippen LogP contribution is -2.00. The monoisotopic (exact) mass is 333 g/mol. The largest absolute Gasteiger partial charge is 0.360 e. The summed E-state index contributed by atoms with van der Waals surface area (Å²) >= 11 is 5.78. The fourth-order valence-electron chi connectivity index (χ4n) is 2.83. The Morgan fingerprint density at radius 2 is 2.00 bits per heavy atom. The van der Waals surface area contributed by atoms with Crippen LogP contribution >= 0.6 is 11.6 Å². The molecule has 0 radical (unpaired) electrons. The van der Waals surface area contributed by atoms with Gasteiger partial charge in [0.25, 0.3) is 5.89 Å². The minimum absolute atomic E-state index is 0.0804. The van der Waals surface area contributed by atoms with E-state index < -0.39 is 5.82 Å². The third-order valence-corrected chi connectivity index (χ3v) is 4.29. The molecule has 0 N–H and O–H groups in total. The molecule has 0 bridgehead atoms. The zero-order valence-electron chi connectivity index (χ0n) is 12.2. The zero-order valence-corrected chi connectivity index (χ0v) is 12.9. The van der Waals surface area contributed by atoms with E-state index >= 15 is 0 Å². The van der Waals surface area contributed by atoms with Gasteiger partial charge in [-0.25, -0.2) is 4.39 Å². The lowest BCUT2D eigenvalue weighted by Gasteiger charge is -2.07. The first-order valence-electron chi connectivity index (χ1n) is 7.45. The highest BCUT2D eigenvalue weighted by molar-refractivity contribution is 6.30. The molecule has 0 aliphatic heterocycles. The molecular formula is C16H13ClFN3O2. The second kappa shape index (κ2) is 5.77. The van der Waals surface area contributed by atoms with Gasteiger partial charge in [-0.2, -0.15) is 4.98 Å². The number of aromatic nitrogens is 3. The van der Waals surface area contributed by atoms with E-state index in [-0.39, 0.29) is 11.4 Å². The first-order chi connectivity index (χ1) is 11.2. The molecule has 118 valence electrons. The van der Waals surface area contributed by atoms with E-state index in [1.807, 2.05) is 0 Å². The molecule has 1 aliphatic rings.